The number of aromatic nitrogens is 4. The fraction of sp³-hybridized carbons (Fsp3) is 0.294. The molecular weight excluding hydrogens is 340 g/mol. The zero-order valence-corrected chi connectivity index (χ0v) is 14.6. The van der Waals surface area contributed by atoms with Gasteiger partial charge in [-0.1, -0.05) is 30.0 Å². The van der Waals surface area contributed by atoms with E-state index in [0.29, 0.717) is 17.5 Å². The van der Waals surface area contributed by atoms with Crippen LogP contribution in [0.1, 0.15) is 32.8 Å². The lowest BCUT2D eigenvalue weighted by Gasteiger charge is -2.05. The second-order valence-electron chi connectivity index (χ2n) is 5.75. The average Bonchev–Trinajstić information content (AvgIpc) is 3.34. The Labute approximate surface area is 148 Å². The van der Waals surface area contributed by atoms with Crippen molar-refractivity contribution in [3.63, 3.8) is 0 Å². The highest BCUT2D eigenvalue weighted by molar-refractivity contribution is 7.99. The predicted molar refractivity (Wildman–Crippen MR) is 94.8 cm³/mol. The first-order valence-electron chi connectivity index (χ1n) is 7.86. The van der Waals surface area contributed by atoms with Gasteiger partial charge in [0.05, 0.1) is 12.3 Å². The summed E-state index contributed by atoms with van der Waals surface area (Å²) in [5.74, 6) is 0.476. The van der Waals surface area contributed by atoms with Gasteiger partial charge in [-0.15, -0.1) is 16.4 Å². The molecule has 7 heteroatoms. The van der Waals surface area contributed by atoms with Crippen molar-refractivity contribution in [1.82, 2.24) is 20.2 Å². The van der Waals surface area contributed by atoms with Gasteiger partial charge in [0, 0.05) is 10.4 Å². The molecule has 0 radical (unpaired) electrons. The van der Waals surface area contributed by atoms with E-state index >= 15 is 0 Å². The Bertz CT molecular complexity index is 857. The molecule has 0 N–H and O–H groups in total. The van der Waals surface area contributed by atoms with E-state index in [9.17, 15) is 4.79 Å². The number of carbonyl (C=O) groups is 1. The van der Waals surface area contributed by atoms with Gasteiger partial charge in [-0.25, -0.2) is 4.68 Å². The summed E-state index contributed by atoms with van der Waals surface area (Å²) in [7, 11) is 0. The molecule has 0 aliphatic heterocycles. The van der Waals surface area contributed by atoms with Crippen LogP contribution in [0.3, 0.4) is 0 Å². The average molecular weight is 356 g/mol. The predicted octanol–water partition coefficient (Wildman–Crippen LogP) is 3.25. The third kappa shape index (κ3) is 3.27. The van der Waals surface area contributed by atoms with E-state index in [4.69, 9.17) is 0 Å². The highest BCUT2D eigenvalue weighted by Crippen LogP contribution is 2.24. The molecule has 24 heavy (non-hydrogen) atoms. The van der Waals surface area contributed by atoms with E-state index in [-0.39, 0.29) is 5.78 Å². The van der Waals surface area contributed by atoms with Crippen LogP contribution in [-0.2, 0) is 19.4 Å². The number of ketones is 1. The summed E-state index contributed by atoms with van der Waals surface area (Å²) in [6.07, 6.45) is 3.41. The molecule has 0 bridgehead atoms. The molecule has 0 unspecified atom stereocenters. The fourth-order valence-electron chi connectivity index (χ4n) is 2.91. The van der Waals surface area contributed by atoms with Crippen molar-refractivity contribution < 1.29 is 4.79 Å². The lowest BCUT2D eigenvalue weighted by atomic mass is 10.0. The summed E-state index contributed by atoms with van der Waals surface area (Å²) in [6, 6.07) is 10.2. The number of thioether (sulfide) groups is 1. The Hall–Kier alpha value is -1.99. The summed E-state index contributed by atoms with van der Waals surface area (Å²) in [6.45, 7) is 0.639. The number of rotatable bonds is 6. The van der Waals surface area contributed by atoms with Crippen LogP contribution in [0.5, 0.6) is 0 Å². The summed E-state index contributed by atoms with van der Waals surface area (Å²) in [5, 5.41) is 14.5. The first-order chi connectivity index (χ1) is 11.8. The SMILES string of the molecule is O=C(CSc1nnnn1Cc1cccs1)c1ccc2c(c1)CCC2. The Kier molecular flexibility index (Phi) is 4.44. The molecule has 0 saturated carbocycles. The van der Waals surface area contributed by atoms with Crippen molar-refractivity contribution in [2.75, 3.05) is 5.75 Å². The zero-order chi connectivity index (χ0) is 16.4. The molecule has 2 aromatic heterocycles. The van der Waals surface area contributed by atoms with Gasteiger partial charge in [0.25, 0.3) is 0 Å². The molecule has 5 nitrogen and oxygen atoms in total. The minimum absolute atomic E-state index is 0.125. The van der Waals surface area contributed by atoms with Gasteiger partial charge >= 0.3 is 0 Å². The molecule has 0 saturated heterocycles. The molecule has 1 aromatic carbocycles. The third-order valence-electron chi connectivity index (χ3n) is 4.14. The molecule has 0 atom stereocenters. The Balaban J connectivity index is 1.42. The first kappa shape index (κ1) is 15.5. The number of aryl methyl sites for hydroxylation is 2. The van der Waals surface area contributed by atoms with Crippen LogP contribution in [0.4, 0.5) is 0 Å². The fourth-order valence-corrected chi connectivity index (χ4v) is 4.36. The number of fused-ring (bicyclic) bond motifs is 1. The van der Waals surface area contributed by atoms with Crippen LogP contribution in [0, 0.1) is 0 Å². The maximum atomic E-state index is 12.5. The first-order valence-corrected chi connectivity index (χ1v) is 9.72. The van der Waals surface area contributed by atoms with E-state index in [1.165, 1.54) is 34.2 Å². The molecule has 1 aliphatic rings. The van der Waals surface area contributed by atoms with Crippen molar-refractivity contribution >= 4 is 28.9 Å². The highest BCUT2D eigenvalue weighted by Gasteiger charge is 2.16. The van der Waals surface area contributed by atoms with Gasteiger partial charge in [-0.2, -0.15) is 0 Å². The standard InChI is InChI=1S/C17H16N4OS2/c22-16(14-7-6-12-3-1-4-13(12)9-14)11-24-17-18-19-20-21(17)10-15-5-2-8-23-15/h2,5-9H,1,3-4,10-11H2. The van der Waals surface area contributed by atoms with E-state index in [2.05, 4.69) is 33.7 Å². The van der Waals surface area contributed by atoms with Crippen molar-refractivity contribution in [2.24, 2.45) is 0 Å². The van der Waals surface area contributed by atoms with Crippen molar-refractivity contribution in [3.8, 4) is 0 Å². The molecule has 4 rings (SSSR count). The molecular formula is C17H16N4OS2. The topological polar surface area (TPSA) is 60.7 Å². The minimum atomic E-state index is 0.125. The van der Waals surface area contributed by atoms with E-state index in [0.717, 1.165) is 18.4 Å². The number of benzene rings is 1. The summed E-state index contributed by atoms with van der Waals surface area (Å²) in [4.78, 5) is 13.7. The highest BCUT2D eigenvalue weighted by atomic mass is 32.2. The lowest BCUT2D eigenvalue weighted by molar-refractivity contribution is 0.102. The van der Waals surface area contributed by atoms with Crippen molar-refractivity contribution in [1.29, 1.82) is 0 Å². The van der Waals surface area contributed by atoms with Gasteiger partial charge in [0.1, 0.15) is 0 Å². The lowest BCUT2D eigenvalue weighted by Crippen LogP contribution is -2.07. The molecule has 2 heterocycles. The van der Waals surface area contributed by atoms with Crippen LogP contribution >= 0.6 is 23.1 Å². The van der Waals surface area contributed by atoms with Crippen LogP contribution in [0.2, 0.25) is 0 Å². The monoisotopic (exact) mass is 356 g/mol. The van der Waals surface area contributed by atoms with Gasteiger partial charge in [-0.3, -0.25) is 4.79 Å². The second kappa shape index (κ2) is 6.86. The van der Waals surface area contributed by atoms with Crippen LogP contribution in [-0.4, -0.2) is 31.7 Å². The number of hydrogen-bond acceptors (Lipinski definition) is 6. The number of thiophene rings is 1. The smallest absolute Gasteiger partial charge is 0.210 e. The third-order valence-corrected chi connectivity index (χ3v) is 5.96. The number of nitrogens with zero attached hydrogens (tertiary/aromatic N) is 4. The van der Waals surface area contributed by atoms with E-state index in [1.54, 1.807) is 16.0 Å². The number of carbonyl (C=O) groups excluding carboxylic acids is 1. The Morgan fingerprint density at radius 2 is 2.17 bits per heavy atom. The van der Waals surface area contributed by atoms with Crippen LogP contribution in [0.25, 0.3) is 0 Å². The summed E-state index contributed by atoms with van der Waals surface area (Å²) >= 11 is 3.06. The molecule has 0 spiro atoms. The van der Waals surface area contributed by atoms with Gasteiger partial charge in [0.2, 0.25) is 5.16 Å². The Morgan fingerprint density at radius 1 is 1.25 bits per heavy atom. The zero-order valence-electron chi connectivity index (χ0n) is 13.0. The maximum Gasteiger partial charge on any atom is 0.210 e. The van der Waals surface area contributed by atoms with E-state index in [1.807, 2.05) is 17.5 Å². The van der Waals surface area contributed by atoms with E-state index < -0.39 is 0 Å². The summed E-state index contributed by atoms with van der Waals surface area (Å²) in [5.41, 5.74) is 3.51. The number of hydrogen-bond donors (Lipinski definition) is 0. The van der Waals surface area contributed by atoms with Crippen LogP contribution < -0.4 is 0 Å². The molecule has 1 aliphatic carbocycles. The number of Topliss-reactive ketones (excluding diaryl/α,β-unsaturated/α-hetero) is 1. The second-order valence-corrected chi connectivity index (χ2v) is 7.72. The molecule has 3 aromatic rings. The molecule has 122 valence electrons. The van der Waals surface area contributed by atoms with Crippen molar-refractivity contribution in [2.45, 2.75) is 31.0 Å². The molecule has 0 fully saturated rings. The van der Waals surface area contributed by atoms with Gasteiger partial charge < -0.3 is 0 Å². The normalized spacial score (nSPS) is 13.2. The molecule has 0 amide bonds. The number of tetrazole rings is 1. The van der Waals surface area contributed by atoms with Gasteiger partial charge in [-0.05, 0) is 58.3 Å². The largest absolute Gasteiger partial charge is 0.293 e. The van der Waals surface area contributed by atoms with Gasteiger partial charge in [0.15, 0.2) is 5.78 Å². The summed E-state index contributed by atoms with van der Waals surface area (Å²) < 4.78 is 1.74. The van der Waals surface area contributed by atoms with Crippen molar-refractivity contribution in [3.05, 3.63) is 57.3 Å². The minimum Gasteiger partial charge on any atom is -0.293 e. The van der Waals surface area contributed by atoms with Crippen LogP contribution in [0.15, 0.2) is 40.9 Å². The maximum absolute atomic E-state index is 12.5. The quantitative estimate of drug-likeness (QED) is 0.501. The Morgan fingerprint density at radius 3 is 3.04 bits per heavy atom.